The molecule has 29 heavy (non-hydrogen) atoms. The predicted molar refractivity (Wildman–Crippen MR) is 118 cm³/mol. The molecule has 0 spiro atoms. The number of hydrogen-bond donors (Lipinski definition) is 1. The van der Waals surface area contributed by atoms with Crippen LogP contribution in [-0.4, -0.2) is 29.6 Å². The van der Waals surface area contributed by atoms with E-state index in [2.05, 4.69) is 46.6 Å². The first kappa shape index (κ1) is 19.8. The number of amides is 1. The van der Waals surface area contributed by atoms with Crippen LogP contribution in [-0.2, 0) is 25.3 Å². The van der Waals surface area contributed by atoms with Gasteiger partial charge < -0.3 is 9.73 Å². The molecule has 1 N–H and O–H groups in total. The lowest BCUT2D eigenvalue weighted by atomic mass is 9.99. The number of nitrogens with zero attached hydrogens (tertiary/aromatic N) is 1. The fourth-order valence-electron chi connectivity index (χ4n) is 3.62. The van der Waals surface area contributed by atoms with Crippen LogP contribution in [0.2, 0.25) is 0 Å². The summed E-state index contributed by atoms with van der Waals surface area (Å²) in [5, 5.41) is 2.99. The second-order valence-electron chi connectivity index (χ2n) is 7.31. The van der Waals surface area contributed by atoms with Gasteiger partial charge in [0.1, 0.15) is 5.76 Å². The molecule has 2 aromatic carbocycles. The van der Waals surface area contributed by atoms with Gasteiger partial charge in [-0.05, 0) is 47.4 Å². The van der Waals surface area contributed by atoms with Crippen LogP contribution in [0.3, 0.4) is 0 Å². The maximum Gasteiger partial charge on any atom is 0.251 e. The molecule has 0 saturated carbocycles. The van der Waals surface area contributed by atoms with Crippen LogP contribution in [0.25, 0.3) is 0 Å². The van der Waals surface area contributed by atoms with Crippen molar-refractivity contribution >= 4 is 17.7 Å². The molecule has 0 saturated heterocycles. The summed E-state index contributed by atoms with van der Waals surface area (Å²) in [6.07, 6.45) is 2.79. The Morgan fingerprint density at radius 2 is 1.86 bits per heavy atom. The Kier molecular flexibility index (Phi) is 6.70. The minimum atomic E-state index is -0.0120. The van der Waals surface area contributed by atoms with Crippen molar-refractivity contribution in [2.45, 2.75) is 25.3 Å². The number of fused-ring (bicyclic) bond motifs is 1. The number of benzene rings is 2. The van der Waals surface area contributed by atoms with Crippen LogP contribution in [0.5, 0.6) is 0 Å². The minimum absolute atomic E-state index is 0.0120. The average Bonchev–Trinajstić information content (AvgIpc) is 3.27. The van der Waals surface area contributed by atoms with Crippen molar-refractivity contribution in [3.8, 4) is 0 Å². The second kappa shape index (κ2) is 9.81. The summed E-state index contributed by atoms with van der Waals surface area (Å²) in [5.41, 5.74) is 4.86. The second-order valence-corrected chi connectivity index (χ2v) is 8.42. The third kappa shape index (κ3) is 5.52. The summed E-state index contributed by atoms with van der Waals surface area (Å²) >= 11 is 1.75. The van der Waals surface area contributed by atoms with E-state index in [1.54, 1.807) is 18.0 Å². The molecule has 2 heterocycles. The highest BCUT2D eigenvalue weighted by Gasteiger charge is 2.15. The zero-order chi connectivity index (χ0) is 19.9. The molecule has 3 aromatic rings. The Labute approximate surface area is 176 Å². The molecular formula is C24H26N2O2S. The predicted octanol–water partition coefficient (Wildman–Crippen LogP) is 4.50. The zero-order valence-electron chi connectivity index (χ0n) is 16.5. The molecule has 0 unspecified atom stereocenters. The zero-order valence-corrected chi connectivity index (χ0v) is 17.3. The van der Waals surface area contributed by atoms with E-state index in [0.29, 0.717) is 12.1 Å². The van der Waals surface area contributed by atoms with Crippen LogP contribution < -0.4 is 5.32 Å². The molecule has 5 heteroatoms. The van der Waals surface area contributed by atoms with Gasteiger partial charge in [-0.3, -0.25) is 9.69 Å². The van der Waals surface area contributed by atoms with Crippen LogP contribution in [0.1, 0.15) is 32.8 Å². The van der Waals surface area contributed by atoms with E-state index in [9.17, 15) is 4.79 Å². The van der Waals surface area contributed by atoms with Gasteiger partial charge in [-0.1, -0.05) is 36.4 Å². The number of nitrogens with one attached hydrogen (secondary N) is 1. The van der Waals surface area contributed by atoms with Gasteiger partial charge in [0, 0.05) is 37.5 Å². The molecule has 1 amide bonds. The SMILES string of the molecule is O=C(NCCSCc1ccco1)c1ccc(CN2CCc3ccccc3C2)cc1. The van der Waals surface area contributed by atoms with Gasteiger partial charge in [-0.15, -0.1) is 0 Å². The van der Waals surface area contributed by atoms with Crippen LogP contribution >= 0.6 is 11.8 Å². The third-order valence-electron chi connectivity index (χ3n) is 5.19. The number of hydrogen-bond acceptors (Lipinski definition) is 4. The molecular weight excluding hydrogens is 380 g/mol. The Morgan fingerprint density at radius 3 is 2.66 bits per heavy atom. The Bertz CT molecular complexity index is 922. The quantitative estimate of drug-likeness (QED) is 0.560. The number of carbonyl (C=O) groups excluding carboxylic acids is 1. The van der Waals surface area contributed by atoms with E-state index in [1.807, 2.05) is 24.3 Å². The van der Waals surface area contributed by atoms with Gasteiger partial charge in [-0.2, -0.15) is 11.8 Å². The maximum atomic E-state index is 12.3. The summed E-state index contributed by atoms with van der Waals surface area (Å²) in [4.78, 5) is 14.8. The molecule has 1 aliphatic rings. The Hall–Kier alpha value is -2.50. The summed E-state index contributed by atoms with van der Waals surface area (Å²) in [6, 6.07) is 20.6. The molecule has 0 bridgehead atoms. The molecule has 150 valence electrons. The van der Waals surface area contributed by atoms with Gasteiger partial charge in [0.15, 0.2) is 0 Å². The summed E-state index contributed by atoms with van der Waals surface area (Å²) in [7, 11) is 0. The Balaban J connectivity index is 1.21. The molecule has 0 aliphatic carbocycles. The largest absolute Gasteiger partial charge is 0.468 e. The number of carbonyl (C=O) groups is 1. The lowest BCUT2D eigenvalue weighted by molar-refractivity contribution is 0.0956. The highest BCUT2D eigenvalue weighted by atomic mass is 32.2. The smallest absolute Gasteiger partial charge is 0.251 e. The lowest BCUT2D eigenvalue weighted by Gasteiger charge is -2.28. The fraction of sp³-hybridized carbons (Fsp3) is 0.292. The van der Waals surface area contributed by atoms with E-state index in [1.165, 1.54) is 16.7 Å². The molecule has 1 aromatic heterocycles. The number of thioether (sulfide) groups is 1. The van der Waals surface area contributed by atoms with E-state index >= 15 is 0 Å². The molecule has 4 nitrogen and oxygen atoms in total. The topological polar surface area (TPSA) is 45.5 Å². The summed E-state index contributed by atoms with van der Waals surface area (Å²) in [5.74, 6) is 2.65. The minimum Gasteiger partial charge on any atom is -0.468 e. The van der Waals surface area contributed by atoms with Crippen molar-refractivity contribution in [3.05, 3.63) is 94.9 Å². The molecule has 1 aliphatic heterocycles. The van der Waals surface area contributed by atoms with Crippen LogP contribution in [0, 0.1) is 0 Å². The van der Waals surface area contributed by atoms with Crippen molar-refractivity contribution < 1.29 is 9.21 Å². The van der Waals surface area contributed by atoms with Crippen molar-refractivity contribution in [2.75, 3.05) is 18.8 Å². The lowest BCUT2D eigenvalue weighted by Crippen LogP contribution is -2.30. The normalized spacial score (nSPS) is 13.8. The maximum absolute atomic E-state index is 12.3. The van der Waals surface area contributed by atoms with E-state index in [0.717, 1.165) is 43.3 Å². The van der Waals surface area contributed by atoms with Gasteiger partial charge in [0.2, 0.25) is 0 Å². The van der Waals surface area contributed by atoms with Crippen molar-refractivity contribution in [1.82, 2.24) is 10.2 Å². The first-order valence-corrected chi connectivity index (χ1v) is 11.2. The molecule has 4 rings (SSSR count). The van der Waals surface area contributed by atoms with E-state index < -0.39 is 0 Å². The summed E-state index contributed by atoms with van der Waals surface area (Å²) < 4.78 is 5.30. The van der Waals surface area contributed by atoms with Gasteiger partial charge in [-0.25, -0.2) is 0 Å². The Morgan fingerprint density at radius 1 is 1.03 bits per heavy atom. The molecule has 0 atom stereocenters. The summed E-state index contributed by atoms with van der Waals surface area (Å²) in [6.45, 7) is 3.64. The van der Waals surface area contributed by atoms with Crippen molar-refractivity contribution in [3.63, 3.8) is 0 Å². The van der Waals surface area contributed by atoms with Gasteiger partial charge >= 0.3 is 0 Å². The molecule has 0 fully saturated rings. The van der Waals surface area contributed by atoms with Crippen molar-refractivity contribution in [2.24, 2.45) is 0 Å². The standard InChI is InChI=1S/C24H26N2O2S/c27-24(25-12-15-29-18-23-6-3-14-28-23)21-9-7-19(8-10-21)16-26-13-11-20-4-1-2-5-22(20)17-26/h1-10,14H,11-13,15-18H2,(H,25,27). The van der Waals surface area contributed by atoms with E-state index in [4.69, 9.17) is 4.42 Å². The van der Waals surface area contributed by atoms with Crippen molar-refractivity contribution in [1.29, 1.82) is 0 Å². The highest BCUT2D eigenvalue weighted by molar-refractivity contribution is 7.98. The van der Waals surface area contributed by atoms with Crippen LogP contribution in [0.15, 0.2) is 71.3 Å². The third-order valence-corrected chi connectivity index (χ3v) is 6.17. The van der Waals surface area contributed by atoms with Gasteiger partial charge in [0.25, 0.3) is 5.91 Å². The first-order valence-electron chi connectivity index (χ1n) is 10.0. The number of rotatable bonds is 8. The van der Waals surface area contributed by atoms with Crippen LogP contribution in [0.4, 0.5) is 0 Å². The molecule has 0 radical (unpaired) electrons. The van der Waals surface area contributed by atoms with E-state index in [-0.39, 0.29) is 5.91 Å². The van der Waals surface area contributed by atoms with Gasteiger partial charge in [0.05, 0.1) is 12.0 Å². The highest BCUT2D eigenvalue weighted by Crippen LogP contribution is 2.20. The number of furan rings is 1. The fourth-order valence-corrected chi connectivity index (χ4v) is 4.37. The monoisotopic (exact) mass is 406 g/mol. The average molecular weight is 407 g/mol. The first-order chi connectivity index (χ1) is 14.3.